The van der Waals surface area contributed by atoms with Gasteiger partial charge >= 0.3 is 12.0 Å². The van der Waals surface area contributed by atoms with E-state index in [0.717, 1.165) is 6.42 Å². The van der Waals surface area contributed by atoms with Crippen molar-refractivity contribution in [3.05, 3.63) is 35.4 Å². The molecule has 1 unspecified atom stereocenters. The predicted molar refractivity (Wildman–Crippen MR) is 89.3 cm³/mol. The molecule has 1 aromatic carbocycles. The summed E-state index contributed by atoms with van der Waals surface area (Å²) in [7, 11) is 1.63. The van der Waals surface area contributed by atoms with Crippen LogP contribution in [0.5, 0.6) is 0 Å². The number of amides is 2. The molecular weight excluding hydrogens is 292 g/mol. The number of hydrogen-bond acceptors (Lipinski definition) is 2. The van der Waals surface area contributed by atoms with Crippen LogP contribution in [0.4, 0.5) is 4.79 Å². The van der Waals surface area contributed by atoms with Crippen LogP contribution in [0.1, 0.15) is 50.3 Å². The zero-order valence-corrected chi connectivity index (χ0v) is 14.2. The summed E-state index contributed by atoms with van der Waals surface area (Å²) in [5, 5.41) is 12.0. The lowest BCUT2D eigenvalue weighted by molar-refractivity contribution is -0.141. The highest BCUT2D eigenvalue weighted by atomic mass is 16.4. The molecule has 23 heavy (non-hydrogen) atoms. The van der Waals surface area contributed by atoms with Crippen LogP contribution < -0.4 is 5.32 Å². The molecule has 0 spiro atoms. The molecule has 0 saturated heterocycles. The van der Waals surface area contributed by atoms with Crippen LogP contribution in [0.2, 0.25) is 0 Å². The Morgan fingerprint density at radius 1 is 1.26 bits per heavy atom. The molecule has 0 aliphatic heterocycles. The Morgan fingerprint density at radius 2 is 1.87 bits per heavy atom. The molecule has 5 heteroatoms. The highest BCUT2D eigenvalue weighted by molar-refractivity contribution is 5.76. The third kappa shape index (κ3) is 3.84. The van der Waals surface area contributed by atoms with E-state index >= 15 is 0 Å². The molecule has 0 saturated carbocycles. The van der Waals surface area contributed by atoms with Crippen LogP contribution in [0.25, 0.3) is 0 Å². The number of carboxylic acid groups (broad SMARTS) is 1. The summed E-state index contributed by atoms with van der Waals surface area (Å²) in [5.41, 5.74) is 2.49. The van der Waals surface area contributed by atoms with Crippen LogP contribution in [-0.2, 0) is 4.79 Å². The molecule has 0 fully saturated rings. The zero-order chi connectivity index (χ0) is 17.1. The molecule has 5 nitrogen and oxygen atoms in total. The summed E-state index contributed by atoms with van der Waals surface area (Å²) in [6, 6.07) is 8.02. The third-order valence-electron chi connectivity index (χ3n) is 4.68. The van der Waals surface area contributed by atoms with Crippen molar-refractivity contribution in [2.24, 2.45) is 11.8 Å². The maximum absolute atomic E-state index is 12.4. The Bertz CT molecular complexity index is 585. The van der Waals surface area contributed by atoms with E-state index < -0.39 is 11.9 Å². The fraction of sp³-hybridized carbons (Fsp3) is 0.556. The van der Waals surface area contributed by atoms with Crippen molar-refractivity contribution in [2.75, 3.05) is 13.6 Å². The van der Waals surface area contributed by atoms with Crippen molar-refractivity contribution < 1.29 is 14.7 Å². The van der Waals surface area contributed by atoms with Crippen LogP contribution in [0.3, 0.4) is 0 Å². The summed E-state index contributed by atoms with van der Waals surface area (Å²) in [6.45, 7) is 6.20. The van der Waals surface area contributed by atoms with Gasteiger partial charge in [-0.3, -0.25) is 4.79 Å². The van der Waals surface area contributed by atoms with E-state index in [1.54, 1.807) is 14.0 Å². The molecule has 0 radical (unpaired) electrons. The van der Waals surface area contributed by atoms with Gasteiger partial charge in [-0.2, -0.15) is 0 Å². The van der Waals surface area contributed by atoms with Crippen LogP contribution in [0, 0.1) is 11.8 Å². The van der Waals surface area contributed by atoms with Gasteiger partial charge in [0.05, 0.1) is 12.0 Å². The molecule has 2 amide bonds. The fourth-order valence-electron chi connectivity index (χ4n) is 3.27. The van der Waals surface area contributed by atoms with E-state index in [1.165, 1.54) is 16.0 Å². The first-order valence-electron chi connectivity index (χ1n) is 8.14. The van der Waals surface area contributed by atoms with E-state index in [-0.39, 0.29) is 18.6 Å². The SMILES string of the molecule is CC(CN(C)C(=O)N[C@@H]1C[C@H](C(C)C)c2ccccc21)C(=O)O. The van der Waals surface area contributed by atoms with E-state index in [1.807, 2.05) is 12.1 Å². The zero-order valence-electron chi connectivity index (χ0n) is 14.2. The van der Waals surface area contributed by atoms with Crippen LogP contribution in [-0.4, -0.2) is 35.6 Å². The van der Waals surface area contributed by atoms with Crippen molar-refractivity contribution >= 4 is 12.0 Å². The number of carboxylic acids is 1. The number of nitrogens with one attached hydrogen (secondary N) is 1. The van der Waals surface area contributed by atoms with Gasteiger partial charge in [-0.25, -0.2) is 4.79 Å². The minimum atomic E-state index is -0.893. The molecule has 0 heterocycles. The molecular formula is C18H26N2O3. The topological polar surface area (TPSA) is 69.6 Å². The largest absolute Gasteiger partial charge is 0.481 e. The van der Waals surface area contributed by atoms with Crippen molar-refractivity contribution in [2.45, 2.75) is 39.2 Å². The minimum absolute atomic E-state index is 0.00585. The Morgan fingerprint density at radius 3 is 2.43 bits per heavy atom. The standard InChI is InChI=1S/C18H26N2O3/c1-11(2)15-9-16(14-8-6-5-7-13(14)15)19-18(23)20(4)10-12(3)17(21)22/h5-8,11-12,15-16H,9-10H2,1-4H3,(H,19,23)(H,21,22)/t12?,15-,16-/m1/s1. The number of hydrogen-bond donors (Lipinski definition) is 2. The third-order valence-corrected chi connectivity index (χ3v) is 4.68. The van der Waals surface area contributed by atoms with Gasteiger partial charge in [-0.05, 0) is 29.4 Å². The lowest BCUT2D eigenvalue weighted by Gasteiger charge is -2.23. The number of aliphatic carboxylic acids is 1. The molecule has 126 valence electrons. The van der Waals surface area contributed by atoms with Gasteiger partial charge in [-0.1, -0.05) is 45.0 Å². The first-order valence-corrected chi connectivity index (χ1v) is 8.14. The van der Waals surface area contributed by atoms with Crippen molar-refractivity contribution in [1.29, 1.82) is 0 Å². The minimum Gasteiger partial charge on any atom is -0.481 e. The maximum atomic E-state index is 12.4. The first-order chi connectivity index (χ1) is 10.8. The number of urea groups is 1. The van der Waals surface area contributed by atoms with E-state index in [4.69, 9.17) is 5.11 Å². The molecule has 1 aromatic rings. The average Bonchev–Trinajstić information content (AvgIpc) is 2.86. The monoisotopic (exact) mass is 318 g/mol. The Hall–Kier alpha value is -2.04. The quantitative estimate of drug-likeness (QED) is 0.875. The number of carbonyl (C=O) groups is 2. The van der Waals surface area contributed by atoms with Crippen molar-refractivity contribution in [3.8, 4) is 0 Å². The second-order valence-electron chi connectivity index (χ2n) is 6.84. The maximum Gasteiger partial charge on any atom is 0.317 e. The molecule has 0 aromatic heterocycles. The van der Waals surface area contributed by atoms with Gasteiger partial charge in [0.25, 0.3) is 0 Å². The second-order valence-corrected chi connectivity index (χ2v) is 6.84. The highest BCUT2D eigenvalue weighted by Crippen LogP contribution is 2.43. The molecule has 1 aliphatic carbocycles. The van der Waals surface area contributed by atoms with Crippen molar-refractivity contribution in [1.82, 2.24) is 10.2 Å². The Kier molecular flexibility index (Phi) is 5.29. The van der Waals surface area contributed by atoms with Crippen LogP contribution in [0.15, 0.2) is 24.3 Å². The average molecular weight is 318 g/mol. The molecule has 1 aliphatic rings. The number of fused-ring (bicyclic) bond motifs is 1. The van der Waals surface area contributed by atoms with Gasteiger partial charge in [0.1, 0.15) is 0 Å². The van der Waals surface area contributed by atoms with E-state index in [9.17, 15) is 9.59 Å². The molecule has 0 bridgehead atoms. The van der Waals surface area contributed by atoms with Gasteiger partial charge in [0, 0.05) is 13.6 Å². The smallest absolute Gasteiger partial charge is 0.317 e. The summed E-state index contributed by atoms with van der Waals surface area (Å²) in [4.78, 5) is 24.7. The van der Waals surface area contributed by atoms with Gasteiger partial charge in [-0.15, -0.1) is 0 Å². The fourth-order valence-corrected chi connectivity index (χ4v) is 3.27. The normalized spacial score (nSPS) is 20.9. The number of nitrogens with zero attached hydrogens (tertiary/aromatic N) is 1. The van der Waals surface area contributed by atoms with Gasteiger partial charge in [0.15, 0.2) is 0 Å². The lowest BCUT2D eigenvalue weighted by Crippen LogP contribution is -2.42. The van der Waals surface area contributed by atoms with E-state index in [0.29, 0.717) is 11.8 Å². The Balaban J connectivity index is 2.06. The van der Waals surface area contributed by atoms with Gasteiger partial charge in [0.2, 0.25) is 0 Å². The molecule has 2 rings (SSSR count). The van der Waals surface area contributed by atoms with Crippen molar-refractivity contribution in [3.63, 3.8) is 0 Å². The predicted octanol–water partition coefficient (Wildman–Crippen LogP) is 3.23. The summed E-state index contributed by atoms with van der Waals surface area (Å²) < 4.78 is 0. The first kappa shape index (κ1) is 17.3. The Labute approximate surface area is 137 Å². The summed E-state index contributed by atoms with van der Waals surface area (Å²) in [5.74, 6) is -0.511. The summed E-state index contributed by atoms with van der Waals surface area (Å²) in [6.07, 6.45) is 0.894. The molecule has 3 atom stereocenters. The highest BCUT2D eigenvalue weighted by Gasteiger charge is 2.33. The number of rotatable bonds is 5. The lowest BCUT2D eigenvalue weighted by atomic mass is 9.90. The number of carbonyl (C=O) groups excluding carboxylic acids is 1. The second kappa shape index (κ2) is 7.02. The summed E-state index contributed by atoms with van der Waals surface area (Å²) >= 11 is 0. The van der Waals surface area contributed by atoms with Gasteiger partial charge < -0.3 is 15.3 Å². The number of benzene rings is 1. The molecule has 2 N–H and O–H groups in total. The van der Waals surface area contributed by atoms with Crippen LogP contribution >= 0.6 is 0 Å². The van der Waals surface area contributed by atoms with E-state index in [2.05, 4.69) is 31.3 Å².